The summed E-state index contributed by atoms with van der Waals surface area (Å²) in [4.78, 5) is 14.1. The van der Waals surface area contributed by atoms with E-state index in [9.17, 15) is 4.79 Å². The van der Waals surface area contributed by atoms with Crippen LogP contribution in [-0.2, 0) is 22.6 Å². The summed E-state index contributed by atoms with van der Waals surface area (Å²) in [5.74, 6) is 2.09. The third kappa shape index (κ3) is 3.24. The quantitative estimate of drug-likeness (QED) is 0.793. The zero-order valence-electron chi connectivity index (χ0n) is 13.5. The fourth-order valence-corrected chi connectivity index (χ4v) is 3.00. The van der Waals surface area contributed by atoms with E-state index in [4.69, 9.17) is 9.47 Å². The first-order chi connectivity index (χ1) is 10.4. The van der Waals surface area contributed by atoms with Gasteiger partial charge in [-0.05, 0) is 33.6 Å². The van der Waals surface area contributed by atoms with Gasteiger partial charge in [-0.25, -0.2) is 4.79 Å². The molecule has 1 saturated heterocycles. The number of carbonyl (C=O) groups is 1. The summed E-state index contributed by atoms with van der Waals surface area (Å²) in [5, 5.41) is 8.56. The third-order valence-corrected chi connectivity index (χ3v) is 3.98. The second kappa shape index (κ2) is 5.87. The lowest BCUT2D eigenvalue weighted by molar-refractivity contribution is 0.0192. The van der Waals surface area contributed by atoms with Gasteiger partial charge in [0.1, 0.15) is 18.0 Å². The van der Waals surface area contributed by atoms with Gasteiger partial charge >= 0.3 is 6.09 Å². The second-order valence-electron chi connectivity index (χ2n) is 6.94. The molecule has 1 fully saturated rings. The maximum Gasteiger partial charge on any atom is 0.410 e. The van der Waals surface area contributed by atoms with Crippen molar-refractivity contribution in [1.82, 2.24) is 19.7 Å². The van der Waals surface area contributed by atoms with E-state index in [0.717, 1.165) is 37.6 Å². The van der Waals surface area contributed by atoms with Crippen molar-refractivity contribution in [3.63, 3.8) is 0 Å². The van der Waals surface area contributed by atoms with Gasteiger partial charge in [0.05, 0.1) is 6.61 Å². The summed E-state index contributed by atoms with van der Waals surface area (Å²) >= 11 is 0. The molecule has 7 nitrogen and oxygen atoms in total. The highest BCUT2D eigenvalue weighted by atomic mass is 16.6. The molecule has 0 aliphatic carbocycles. The third-order valence-electron chi connectivity index (χ3n) is 3.98. The Hall–Kier alpha value is -1.63. The lowest BCUT2D eigenvalue weighted by Gasteiger charge is -2.34. The van der Waals surface area contributed by atoms with Gasteiger partial charge in [-0.3, -0.25) is 0 Å². The zero-order chi connectivity index (χ0) is 15.7. The van der Waals surface area contributed by atoms with Gasteiger partial charge in [-0.1, -0.05) is 0 Å². The number of piperidine rings is 1. The molecule has 22 heavy (non-hydrogen) atoms. The molecule has 1 aromatic heterocycles. The van der Waals surface area contributed by atoms with Crippen molar-refractivity contribution in [2.24, 2.45) is 0 Å². The van der Waals surface area contributed by atoms with E-state index >= 15 is 0 Å². The van der Waals surface area contributed by atoms with Crippen LogP contribution in [0.5, 0.6) is 0 Å². The summed E-state index contributed by atoms with van der Waals surface area (Å²) in [6.45, 7) is 9.07. The van der Waals surface area contributed by atoms with E-state index in [-0.39, 0.29) is 12.0 Å². The van der Waals surface area contributed by atoms with E-state index in [1.54, 1.807) is 4.90 Å². The number of ether oxygens (including phenoxy) is 2. The molecule has 0 radical (unpaired) electrons. The summed E-state index contributed by atoms with van der Waals surface area (Å²) in [7, 11) is 0. The van der Waals surface area contributed by atoms with Crippen molar-refractivity contribution in [1.29, 1.82) is 0 Å². The lowest BCUT2D eigenvalue weighted by Crippen LogP contribution is -2.42. The molecule has 1 amide bonds. The van der Waals surface area contributed by atoms with Gasteiger partial charge in [0.2, 0.25) is 0 Å². The SMILES string of the molecule is CC(C)(C)OC(=O)N1CCCC(c2nnc3n2CCOC3)C1. The number of rotatable bonds is 1. The Balaban J connectivity index is 1.71. The molecule has 3 heterocycles. The van der Waals surface area contributed by atoms with Crippen molar-refractivity contribution in [2.75, 3.05) is 19.7 Å². The van der Waals surface area contributed by atoms with E-state index in [1.807, 2.05) is 20.8 Å². The predicted molar refractivity (Wildman–Crippen MR) is 79.5 cm³/mol. The summed E-state index contributed by atoms with van der Waals surface area (Å²) in [5.41, 5.74) is -0.463. The topological polar surface area (TPSA) is 69.5 Å². The molecule has 1 atom stereocenters. The van der Waals surface area contributed by atoms with Crippen LogP contribution in [0.1, 0.15) is 51.2 Å². The zero-order valence-corrected chi connectivity index (χ0v) is 13.5. The van der Waals surface area contributed by atoms with E-state index in [1.165, 1.54) is 0 Å². The molecular formula is C15H24N4O3. The Morgan fingerprint density at radius 1 is 1.32 bits per heavy atom. The highest BCUT2D eigenvalue weighted by molar-refractivity contribution is 5.68. The van der Waals surface area contributed by atoms with Crippen LogP contribution < -0.4 is 0 Å². The van der Waals surface area contributed by atoms with Crippen LogP contribution in [0.15, 0.2) is 0 Å². The van der Waals surface area contributed by atoms with Crippen LogP contribution in [0, 0.1) is 0 Å². The molecule has 3 rings (SSSR count). The molecule has 0 bridgehead atoms. The number of hydrogen-bond donors (Lipinski definition) is 0. The number of aromatic nitrogens is 3. The monoisotopic (exact) mass is 308 g/mol. The number of carbonyl (C=O) groups excluding carboxylic acids is 1. The minimum atomic E-state index is -0.463. The van der Waals surface area contributed by atoms with Gasteiger partial charge < -0.3 is 18.9 Å². The fraction of sp³-hybridized carbons (Fsp3) is 0.800. The Morgan fingerprint density at radius 2 is 2.14 bits per heavy atom. The molecule has 0 spiro atoms. The van der Waals surface area contributed by atoms with Gasteiger partial charge in [0.15, 0.2) is 5.82 Å². The van der Waals surface area contributed by atoms with Gasteiger partial charge in [-0.2, -0.15) is 0 Å². The number of nitrogens with zero attached hydrogens (tertiary/aromatic N) is 4. The summed E-state index contributed by atoms with van der Waals surface area (Å²) in [6.07, 6.45) is 1.75. The number of amides is 1. The van der Waals surface area contributed by atoms with Gasteiger partial charge in [0.25, 0.3) is 0 Å². The molecule has 2 aliphatic heterocycles. The molecule has 122 valence electrons. The second-order valence-corrected chi connectivity index (χ2v) is 6.94. The molecule has 1 unspecified atom stereocenters. The minimum Gasteiger partial charge on any atom is -0.444 e. The first kappa shape index (κ1) is 15.3. The highest BCUT2D eigenvalue weighted by Crippen LogP contribution is 2.28. The van der Waals surface area contributed by atoms with E-state index in [0.29, 0.717) is 19.8 Å². The predicted octanol–water partition coefficient (Wildman–Crippen LogP) is 1.92. The largest absolute Gasteiger partial charge is 0.444 e. The molecular weight excluding hydrogens is 284 g/mol. The molecule has 2 aliphatic rings. The van der Waals surface area contributed by atoms with E-state index in [2.05, 4.69) is 14.8 Å². The fourth-order valence-electron chi connectivity index (χ4n) is 3.00. The van der Waals surface area contributed by atoms with Crippen LogP contribution in [0.25, 0.3) is 0 Å². The first-order valence-electron chi connectivity index (χ1n) is 7.92. The average Bonchev–Trinajstić information content (AvgIpc) is 2.89. The molecule has 7 heteroatoms. The van der Waals surface area contributed by atoms with Crippen molar-refractivity contribution in [3.8, 4) is 0 Å². The summed E-state index contributed by atoms with van der Waals surface area (Å²) < 4.78 is 13.0. The maximum absolute atomic E-state index is 12.3. The van der Waals surface area contributed by atoms with Crippen molar-refractivity contribution >= 4 is 6.09 Å². The van der Waals surface area contributed by atoms with E-state index < -0.39 is 5.60 Å². The van der Waals surface area contributed by atoms with Crippen molar-refractivity contribution in [3.05, 3.63) is 11.6 Å². The van der Waals surface area contributed by atoms with Crippen molar-refractivity contribution < 1.29 is 14.3 Å². The van der Waals surface area contributed by atoms with Gasteiger partial charge in [0, 0.05) is 25.6 Å². The number of likely N-dealkylation sites (tertiary alicyclic amines) is 1. The first-order valence-corrected chi connectivity index (χ1v) is 7.92. The number of fused-ring (bicyclic) bond motifs is 1. The Morgan fingerprint density at radius 3 is 2.91 bits per heavy atom. The van der Waals surface area contributed by atoms with Crippen LogP contribution >= 0.6 is 0 Å². The van der Waals surface area contributed by atoms with Crippen molar-refractivity contribution in [2.45, 2.75) is 58.3 Å². The van der Waals surface area contributed by atoms with Gasteiger partial charge in [-0.15, -0.1) is 10.2 Å². The molecule has 1 aromatic rings. The average molecular weight is 308 g/mol. The molecule has 0 N–H and O–H groups in total. The Labute approximate surface area is 130 Å². The maximum atomic E-state index is 12.3. The standard InChI is InChI=1S/C15H24N4O3/c1-15(2,3)22-14(20)18-6-4-5-11(9-18)13-17-16-12-10-21-8-7-19(12)13/h11H,4-10H2,1-3H3. The van der Waals surface area contributed by atoms with Crippen LogP contribution in [0.3, 0.4) is 0 Å². The highest BCUT2D eigenvalue weighted by Gasteiger charge is 2.31. The van der Waals surface area contributed by atoms with Crippen LogP contribution in [0.4, 0.5) is 4.79 Å². The lowest BCUT2D eigenvalue weighted by atomic mass is 9.97. The summed E-state index contributed by atoms with van der Waals surface area (Å²) in [6, 6.07) is 0. The Bertz CT molecular complexity index is 549. The minimum absolute atomic E-state index is 0.223. The number of hydrogen-bond acceptors (Lipinski definition) is 5. The molecule has 0 aromatic carbocycles. The Kier molecular flexibility index (Phi) is 4.08. The van der Waals surface area contributed by atoms with Crippen LogP contribution in [0.2, 0.25) is 0 Å². The molecule has 0 saturated carbocycles. The van der Waals surface area contributed by atoms with Crippen LogP contribution in [-0.4, -0.2) is 51.1 Å². The normalized spacial score (nSPS) is 22.3. The smallest absolute Gasteiger partial charge is 0.410 e.